The van der Waals surface area contributed by atoms with Gasteiger partial charge in [-0.15, -0.1) is 0 Å². The molecule has 0 spiro atoms. The van der Waals surface area contributed by atoms with E-state index < -0.39 is 35.5 Å². The molecule has 4 aliphatic carbocycles. The van der Waals surface area contributed by atoms with E-state index in [4.69, 9.17) is 4.74 Å². The van der Waals surface area contributed by atoms with E-state index in [1.54, 1.807) is 6.08 Å². The smallest absolute Gasteiger partial charge is 0.306 e. The summed E-state index contributed by atoms with van der Waals surface area (Å²) >= 11 is 0. The summed E-state index contributed by atoms with van der Waals surface area (Å²) in [5.41, 5.74) is -1.36. The van der Waals surface area contributed by atoms with Gasteiger partial charge >= 0.3 is 5.97 Å². The second-order valence-electron chi connectivity index (χ2n) is 10.8. The molecular weight excluding hydrogens is 396 g/mol. The van der Waals surface area contributed by atoms with Crippen molar-refractivity contribution < 1.29 is 29.3 Å². The zero-order valence-electron chi connectivity index (χ0n) is 19.0. The summed E-state index contributed by atoms with van der Waals surface area (Å²) < 4.78 is 5.13. The molecule has 0 bridgehead atoms. The van der Waals surface area contributed by atoms with Crippen LogP contribution in [-0.2, 0) is 19.1 Å². The Morgan fingerprint density at radius 1 is 1.19 bits per heavy atom. The monoisotopic (exact) mass is 432 g/mol. The normalized spacial score (nSPS) is 44.0. The van der Waals surface area contributed by atoms with Gasteiger partial charge in [0.1, 0.15) is 5.60 Å². The number of esters is 1. The SMILES string of the molecule is CCCC(=O)OCC(=O)[C@@]1(O)CC[C@@H]2[C@@H]3CCC4=CC(=O)CC[C@]4(C)[C@H]3[C@@H](O)C[C@@]21C. The fourth-order valence-electron chi connectivity index (χ4n) is 7.69. The van der Waals surface area contributed by atoms with Crippen LogP contribution in [0.1, 0.15) is 78.6 Å². The molecule has 172 valence electrons. The van der Waals surface area contributed by atoms with Gasteiger partial charge in [-0.25, -0.2) is 0 Å². The van der Waals surface area contributed by atoms with E-state index in [2.05, 4.69) is 6.92 Å². The minimum absolute atomic E-state index is 0.0403. The fourth-order valence-corrected chi connectivity index (χ4v) is 7.69. The minimum atomic E-state index is -1.59. The Hall–Kier alpha value is -1.53. The molecule has 0 radical (unpaired) electrons. The number of allylic oxidation sites excluding steroid dienone is 1. The molecule has 0 aromatic carbocycles. The lowest BCUT2D eigenvalue weighted by molar-refractivity contribution is -0.184. The number of carbonyl (C=O) groups is 3. The predicted octanol–water partition coefficient (Wildman–Crippen LogP) is 3.13. The van der Waals surface area contributed by atoms with Crippen LogP contribution in [0.3, 0.4) is 0 Å². The average molecular weight is 433 g/mol. The molecule has 0 aromatic rings. The van der Waals surface area contributed by atoms with Crippen LogP contribution < -0.4 is 0 Å². The summed E-state index contributed by atoms with van der Waals surface area (Å²) in [7, 11) is 0. The molecule has 6 heteroatoms. The van der Waals surface area contributed by atoms with Crippen molar-refractivity contribution >= 4 is 17.5 Å². The highest BCUT2D eigenvalue weighted by atomic mass is 16.5. The molecule has 3 fully saturated rings. The first-order valence-corrected chi connectivity index (χ1v) is 11.9. The Bertz CT molecular complexity index is 817. The van der Waals surface area contributed by atoms with Gasteiger partial charge in [0.25, 0.3) is 0 Å². The van der Waals surface area contributed by atoms with Gasteiger partial charge in [0, 0.05) is 18.3 Å². The van der Waals surface area contributed by atoms with Gasteiger partial charge in [0.05, 0.1) is 6.10 Å². The van der Waals surface area contributed by atoms with Crippen molar-refractivity contribution in [3.8, 4) is 0 Å². The third-order valence-electron chi connectivity index (χ3n) is 9.33. The highest BCUT2D eigenvalue weighted by molar-refractivity contribution is 5.92. The Labute approximate surface area is 184 Å². The van der Waals surface area contributed by atoms with E-state index in [1.165, 1.54) is 5.57 Å². The molecule has 2 N–H and O–H groups in total. The molecule has 0 saturated heterocycles. The number of ketones is 2. The van der Waals surface area contributed by atoms with Gasteiger partial charge in [0.15, 0.2) is 12.4 Å². The van der Waals surface area contributed by atoms with Crippen molar-refractivity contribution in [2.24, 2.45) is 28.6 Å². The van der Waals surface area contributed by atoms with E-state index in [0.717, 1.165) is 25.7 Å². The Kier molecular flexibility index (Phi) is 5.70. The summed E-state index contributed by atoms with van der Waals surface area (Å²) in [6, 6.07) is 0. The van der Waals surface area contributed by atoms with Crippen molar-refractivity contribution in [3.63, 3.8) is 0 Å². The van der Waals surface area contributed by atoms with E-state index in [9.17, 15) is 24.6 Å². The predicted molar refractivity (Wildman–Crippen MR) is 114 cm³/mol. The standard InChI is InChI=1S/C25H36O6/c1-4-5-21(29)31-14-20(28)25(30)11-9-18-17-7-6-15-12-16(26)8-10-23(15,2)22(17)19(27)13-24(18,25)3/h12,17-19,22,27,30H,4-11,13-14H2,1-3H3/t17-,18+,19-,22+,23-,24-,25-/m0/s1. The lowest BCUT2D eigenvalue weighted by Gasteiger charge is -2.60. The van der Waals surface area contributed by atoms with Crippen LogP contribution in [0.25, 0.3) is 0 Å². The molecule has 0 aromatic heterocycles. The number of fused-ring (bicyclic) bond motifs is 5. The summed E-state index contributed by atoms with van der Waals surface area (Å²) in [5.74, 6) is -0.323. The molecule has 0 unspecified atom stereocenters. The summed E-state index contributed by atoms with van der Waals surface area (Å²) in [4.78, 5) is 36.8. The zero-order valence-corrected chi connectivity index (χ0v) is 19.0. The topological polar surface area (TPSA) is 101 Å². The van der Waals surface area contributed by atoms with E-state index in [1.807, 2.05) is 13.8 Å². The van der Waals surface area contributed by atoms with Gasteiger partial charge in [-0.1, -0.05) is 26.3 Å². The quantitative estimate of drug-likeness (QED) is 0.648. The lowest BCUT2D eigenvalue weighted by Crippen LogP contribution is -2.62. The maximum absolute atomic E-state index is 13.1. The second-order valence-corrected chi connectivity index (χ2v) is 10.8. The number of carbonyl (C=O) groups excluding carboxylic acids is 3. The van der Waals surface area contributed by atoms with Crippen LogP contribution in [0.5, 0.6) is 0 Å². The number of aliphatic hydroxyl groups is 2. The lowest BCUT2D eigenvalue weighted by atomic mass is 9.45. The number of hydrogen-bond acceptors (Lipinski definition) is 6. The van der Waals surface area contributed by atoms with Crippen LogP contribution >= 0.6 is 0 Å². The van der Waals surface area contributed by atoms with Crippen molar-refractivity contribution in [2.45, 2.75) is 90.3 Å². The highest BCUT2D eigenvalue weighted by Crippen LogP contribution is 2.67. The van der Waals surface area contributed by atoms with Gasteiger partial charge < -0.3 is 14.9 Å². The molecule has 4 rings (SSSR count). The molecule has 6 nitrogen and oxygen atoms in total. The number of rotatable bonds is 5. The largest absolute Gasteiger partial charge is 0.458 e. The van der Waals surface area contributed by atoms with Crippen molar-refractivity contribution in [1.29, 1.82) is 0 Å². The first-order valence-electron chi connectivity index (χ1n) is 11.9. The van der Waals surface area contributed by atoms with E-state index >= 15 is 0 Å². The molecule has 0 heterocycles. The summed E-state index contributed by atoms with van der Waals surface area (Å²) in [6.45, 7) is 5.59. The molecule has 4 aliphatic rings. The van der Waals surface area contributed by atoms with E-state index in [-0.39, 0.29) is 35.4 Å². The van der Waals surface area contributed by atoms with Crippen LogP contribution in [0.15, 0.2) is 11.6 Å². The Morgan fingerprint density at radius 2 is 1.94 bits per heavy atom. The van der Waals surface area contributed by atoms with Crippen LogP contribution in [0.2, 0.25) is 0 Å². The second kappa shape index (κ2) is 7.80. The Morgan fingerprint density at radius 3 is 2.65 bits per heavy atom. The molecular formula is C25H36O6. The van der Waals surface area contributed by atoms with Crippen LogP contribution in [0, 0.1) is 28.6 Å². The molecule has 31 heavy (non-hydrogen) atoms. The average Bonchev–Trinajstić information content (AvgIpc) is 2.98. The van der Waals surface area contributed by atoms with E-state index in [0.29, 0.717) is 25.7 Å². The number of hydrogen-bond donors (Lipinski definition) is 2. The third kappa shape index (κ3) is 3.32. The van der Waals surface area contributed by atoms with Gasteiger partial charge in [-0.05, 0) is 74.2 Å². The molecule has 0 aliphatic heterocycles. The van der Waals surface area contributed by atoms with Crippen molar-refractivity contribution in [2.75, 3.05) is 6.61 Å². The van der Waals surface area contributed by atoms with Crippen LogP contribution in [0.4, 0.5) is 0 Å². The maximum atomic E-state index is 13.1. The number of aliphatic hydroxyl groups excluding tert-OH is 1. The first kappa shape index (κ1) is 22.7. The number of Topliss-reactive ketones (excluding diaryl/α,β-unsaturated/α-hetero) is 1. The van der Waals surface area contributed by atoms with Crippen LogP contribution in [-0.4, -0.2) is 46.1 Å². The summed E-state index contributed by atoms with van der Waals surface area (Å²) in [6.07, 6.45) is 6.46. The third-order valence-corrected chi connectivity index (χ3v) is 9.33. The molecule has 7 atom stereocenters. The molecule has 3 saturated carbocycles. The number of ether oxygens (including phenoxy) is 1. The van der Waals surface area contributed by atoms with Gasteiger partial charge in [0.2, 0.25) is 5.78 Å². The van der Waals surface area contributed by atoms with Gasteiger partial charge in [-0.3, -0.25) is 14.4 Å². The maximum Gasteiger partial charge on any atom is 0.306 e. The summed E-state index contributed by atoms with van der Waals surface area (Å²) in [5, 5.41) is 23.0. The zero-order chi connectivity index (χ0) is 22.6. The minimum Gasteiger partial charge on any atom is -0.458 e. The Balaban J connectivity index is 1.59. The van der Waals surface area contributed by atoms with Crippen molar-refractivity contribution in [3.05, 3.63) is 11.6 Å². The fraction of sp³-hybridized carbons (Fsp3) is 0.800. The molecule has 0 amide bonds. The van der Waals surface area contributed by atoms with Crippen molar-refractivity contribution in [1.82, 2.24) is 0 Å². The highest BCUT2D eigenvalue weighted by Gasteiger charge is 2.68. The van der Waals surface area contributed by atoms with Gasteiger partial charge in [-0.2, -0.15) is 0 Å². The first-order chi connectivity index (χ1) is 14.6.